The van der Waals surface area contributed by atoms with Crippen LogP contribution in [-0.4, -0.2) is 74.8 Å². The molecule has 3 aromatic rings. The number of hydrogen-bond acceptors (Lipinski definition) is 9. The summed E-state index contributed by atoms with van der Waals surface area (Å²) in [4.78, 5) is 72.4. The van der Waals surface area contributed by atoms with Gasteiger partial charge in [0.05, 0.1) is 29.9 Å². The maximum Gasteiger partial charge on any atom is 0.417 e. The SMILES string of the molecule is C=C[C@H](C)Nc1nc2c(c(=O)n1-c1ccc(C(=O)N(C)C(=O)CCOC(=O)C(N)C(C)C)cc1)C[C@@H](C)N(C(=O)c1ccc(Br)c(C(F)(F)F)c1)C2. The van der Waals surface area contributed by atoms with Crippen LogP contribution >= 0.6 is 15.9 Å². The Morgan fingerprint density at radius 3 is 2.37 bits per heavy atom. The molecule has 2 heterocycles. The third kappa shape index (κ3) is 8.78. The van der Waals surface area contributed by atoms with Crippen molar-refractivity contribution in [3.05, 3.63) is 97.9 Å². The molecule has 3 atom stereocenters. The summed E-state index contributed by atoms with van der Waals surface area (Å²) in [5.41, 5.74) is 5.27. The first-order chi connectivity index (χ1) is 24.3. The van der Waals surface area contributed by atoms with Gasteiger partial charge in [0.15, 0.2) is 0 Å². The minimum absolute atomic E-state index is 0.0784. The molecule has 0 saturated carbocycles. The Kier molecular flexibility index (Phi) is 12.5. The minimum atomic E-state index is -4.68. The number of fused-ring (bicyclic) bond motifs is 1. The van der Waals surface area contributed by atoms with Crippen molar-refractivity contribution in [3.63, 3.8) is 0 Å². The molecular weight excluding hydrogens is 749 g/mol. The molecule has 0 spiro atoms. The first-order valence-electron chi connectivity index (χ1n) is 16.4. The Morgan fingerprint density at radius 2 is 1.77 bits per heavy atom. The van der Waals surface area contributed by atoms with Gasteiger partial charge in [0.2, 0.25) is 11.9 Å². The van der Waals surface area contributed by atoms with Crippen LogP contribution in [-0.2, 0) is 33.5 Å². The smallest absolute Gasteiger partial charge is 0.417 e. The molecule has 2 aromatic carbocycles. The van der Waals surface area contributed by atoms with Crippen molar-refractivity contribution in [2.45, 2.75) is 71.4 Å². The lowest BCUT2D eigenvalue weighted by Gasteiger charge is -2.35. The van der Waals surface area contributed by atoms with Gasteiger partial charge >= 0.3 is 12.1 Å². The van der Waals surface area contributed by atoms with Gasteiger partial charge in [-0.05, 0) is 68.7 Å². The van der Waals surface area contributed by atoms with Crippen LogP contribution in [0.3, 0.4) is 0 Å². The van der Waals surface area contributed by atoms with Gasteiger partial charge < -0.3 is 20.7 Å². The van der Waals surface area contributed by atoms with Crippen LogP contribution in [0.25, 0.3) is 5.69 Å². The Bertz CT molecular complexity index is 1930. The molecule has 0 bridgehead atoms. The van der Waals surface area contributed by atoms with E-state index in [-0.39, 0.29) is 65.2 Å². The standard InChI is InChI=1S/C36H40BrF3N6O6/c1-7-20(4)42-35-43-28-18-45(32(49)23-10-13-27(37)26(17-23)36(38,39)40)21(5)16-25(28)33(50)46(35)24-11-8-22(9-12-24)31(48)44(6)29(47)14-15-52-34(51)30(41)19(2)3/h7-13,17,19-21,30H,1,14-16,18,41H2,2-6H3,(H,42,43)/t20-,21+,30?/m0/s1. The largest absolute Gasteiger partial charge is 0.464 e. The van der Waals surface area contributed by atoms with E-state index in [0.717, 1.165) is 11.0 Å². The molecule has 0 saturated heterocycles. The van der Waals surface area contributed by atoms with Crippen molar-refractivity contribution < 1.29 is 37.1 Å². The number of amides is 3. The summed E-state index contributed by atoms with van der Waals surface area (Å²) >= 11 is 2.90. The van der Waals surface area contributed by atoms with E-state index >= 15 is 0 Å². The number of ether oxygens (including phenoxy) is 1. The zero-order valence-corrected chi connectivity index (χ0v) is 30.9. The van der Waals surface area contributed by atoms with Gasteiger partial charge in [-0.3, -0.25) is 28.9 Å². The van der Waals surface area contributed by atoms with E-state index in [1.54, 1.807) is 33.8 Å². The first-order valence-corrected chi connectivity index (χ1v) is 17.2. The fourth-order valence-electron chi connectivity index (χ4n) is 5.41. The topological polar surface area (TPSA) is 157 Å². The molecule has 0 fully saturated rings. The monoisotopic (exact) mass is 788 g/mol. The number of rotatable bonds is 11. The molecule has 4 rings (SSSR count). The van der Waals surface area contributed by atoms with E-state index < -0.39 is 53.1 Å². The van der Waals surface area contributed by atoms with Crippen LogP contribution < -0.4 is 16.6 Å². The number of benzene rings is 2. The fraction of sp³-hybridized carbons (Fsp3) is 0.389. The number of nitrogens with zero attached hydrogens (tertiary/aromatic N) is 4. The number of nitrogens with two attached hydrogens (primary N) is 1. The quantitative estimate of drug-likeness (QED) is 0.199. The molecule has 52 heavy (non-hydrogen) atoms. The Morgan fingerprint density at radius 1 is 1.13 bits per heavy atom. The predicted octanol–water partition coefficient (Wildman–Crippen LogP) is 5.10. The highest BCUT2D eigenvalue weighted by Gasteiger charge is 2.36. The fourth-order valence-corrected chi connectivity index (χ4v) is 5.88. The molecule has 3 N–H and O–H groups in total. The Balaban J connectivity index is 1.59. The summed E-state index contributed by atoms with van der Waals surface area (Å²) in [6, 6.07) is 7.47. The molecule has 3 amide bonds. The number of anilines is 1. The maximum absolute atomic E-state index is 14.1. The second kappa shape index (κ2) is 16.2. The number of imide groups is 1. The molecule has 1 aliphatic rings. The van der Waals surface area contributed by atoms with Crippen LogP contribution in [0.1, 0.15) is 71.7 Å². The summed E-state index contributed by atoms with van der Waals surface area (Å²) in [6.45, 7) is 10.4. The number of alkyl halides is 3. The van der Waals surface area contributed by atoms with Crippen LogP contribution in [0.5, 0.6) is 0 Å². The van der Waals surface area contributed by atoms with Gasteiger partial charge in [-0.15, -0.1) is 6.58 Å². The summed E-state index contributed by atoms with van der Waals surface area (Å²) in [5.74, 6) is -2.52. The van der Waals surface area contributed by atoms with Gasteiger partial charge in [0, 0.05) is 40.3 Å². The Labute approximate surface area is 306 Å². The van der Waals surface area contributed by atoms with E-state index in [2.05, 4.69) is 27.8 Å². The molecular formula is C36H40BrF3N6O6. The molecule has 0 aliphatic carbocycles. The highest BCUT2D eigenvalue weighted by atomic mass is 79.9. The summed E-state index contributed by atoms with van der Waals surface area (Å²) in [5, 5.41) is 3.11. The van der Waals surface area contributed by atoms with Gasteiger partial charge in [-0.2, -0.15) is 13.2 Å². The van der Waals surface area contributed by atoms with E-state index in [1.165, 1.54) is 52.9 Å². The van der Waals surface area contributed by atoms with Gasteiger partial charge in [-0.25, -0.2) is 9.55 Å². The summed E-state index contributed by atoms with van der Waals surface area (Å²) < 4.78 is 46.9. The second-order valence-corrected chi connectivity index (χ2v) is 13.7. The lowest BCUT2D eigenvalue weighted by molar-refractivity contribution is -0.147. The minimum Gasteiger partial charge on any atom is -0.464 e. The van der Waals surface area contributed by atoms with Crippen molar-refractivity contribution in [1.29, 1.82) is 0 Å². The molecule has 1 unspecified atom stereocenters. The van der Waals surface area contributed by atoms with Crippen molar-refractivity contribution >= 4 is 45.6 Å². The molecule has 1 aromatic heterocycles. The average molecular weight is 790 g/mol. The van der Waals surface area contributed by atoms with Crippen LogP contribution in [0.15, 0.2) is 64.4 Å². The third-order valence-electron chi connectivity index (χ3n) is 8.71. The normalized spacial score (nSPS) is 15.4. The van der Waals surface area contributed by atoms with Crippen LogP contribution in [0, 0.1) is 5.92 Å². The van der Waals surface area contributed by atoms with Crippen molar-refractivity contribution in [2.24, 2.45) is 11.7 Å². The van der Waals surface area contributed by atoms with E-state index in [0.29, 0.717) is 11.3 Å². The number of esters is 1. The number of nitrogens with one attached hydrogen (secondary N) is 1. The Hall–Kier alpha value is -4.83. The van der Waals surface area contributed by atoms with Gasteiger partial charge in [0.25, 0.3) is 17.4 Å². The molecule has 0 radical (unpaired) electrons. The molecule has 12 nitrogen and oxygen atoms in total. The summed E-state index contributed by atoms with van der Waals surface area (Å²) in [7, 11) is 1.30. The van der Waals surface area contributed by atoms with Crippen LogP contribution in [0.2, 0.25) is 0 Å². The van der Waals surface area contributed by atoms with Crippen molar-refractivity contribution in [1.82, 2.24) is 19.4 Å². The number of hydrogen-bond donors (Lipinski definition) is 2. The molecule has 1 aliphatic heterocycles. The lowest BCUT2D eigenvalue weighted by atomic mass is 9.98. The lowest BCUT2D eigenvalue weighted by Crippen LogP contribution is -2.46. The first kappa shape index (κ1) is 39.9. The molecule has 16 heteroatoms. The van der Waals surface area contributed by atoms with Crippen LogP contribution in [0.4, 0.5) is 19.1 Å². The predicted molar refractivity (Wildman–Crippen MR) is 191 cm³/mol. The molecule has 278 valence electrons. The van der Waals surface area contributed by atoms with E-state index in [4.69, 9.17) is 15.5 Å². The highest BCUT2D eigenvalue weighted by molar-refractivity contribution is 9.10. The number of carbonyl (C=O) groups is 4. The number of halogens is 4. The zero-order valence-electron chi connectivity index (χ0n) is 29.3. The van der Waals surface area contributed by atoms with Gasteiger partial charge in [0.1, 0.15) is 12.6 Å². The number of carbonyl (C=O) groups excluding carboxylic acids is 4. The second-order valence-electron chi connectivity index (χ2n) is 12.8. The van der Waals surface area contributed by atoms with E-state index in [9.17, 15) is 37.1 Å². The van der Waals surface area contributed by atoms with Gasteiger partial charge in [-0.1, -0.05) is 35.9 Å². The third-order valence-corrected chi connectivity index (χ3v) is 9.40. The number of aromatic nitrogens is 2. The van der Waals surface area contributed by atoms with E-state index in [1.807, 2.05) is 0 Å². The average Bonchev–Trinajstić information content (AvgIpc) is 3.10. The van der Waals surface area contributed by atoms with Crippen molar-refractivity contribution in [2.75, 3.05) is 19.0 Å². The summed E-state index contributed by atoms with van der Waals surface area (Å²) in [6.07, 6.45) is -3.24. The maximum atomic E-state index is 14.1. The zero-order chi connectivity index (χ0) is 38.7. The highest BCUT2D eigenvalue weighted by Crippen LogP contribution is 2.36. The van der Waals surface area contributed by atoms with Crippen molar-refractivity contribution in [3.8, 4) is 5.69 Å².